The van der Waals surface area contributed by atoms with E-state index in [9.17, 15) is 18.0 Å². The van der Waals surface area contributed by atoms with E-state index in [1.165, 1.54) is 18.2 Å². The molecule has 1 aliphatic heterocycles. The summed E-state index contributed by atoms with van der Waals surface area (Å²) in [5.74, 6) is 0.286. The molecule has 158 valence electrons. The first-order chi connectivity index (χ1) is 13.0. The van der Waals surface area contributed by atoms with E-state index in [0.29, 0.717) is 25.4 Å². The predicted molar refractivity (Wildman–Crippen MR) is 104 cm³/mol. The van der Waals surface area contributed by atoms with E-state index in [0.717, 1.165) is 19.3 Å². The van der Waals surface area contributed by atoms with Crippen molar-refractivity contribution in [1.82, 2.24) is 4.90 Å². The molecule has 1 heterocycles. The lowest BCUT2D eigenvalue weighted by atomic mass is 9.92. The third-order valence-corrected chi connectivity index (χ3v) is 5.20. The number of hydrogen-bond acceptors (Lipinski definition) is 3. The molecule has 0 aromatic heterocycles. The molecule has 1 saturated heterocycles. The molecular formula is C20H27BrF3NO3. The number of amides is 1. The van der Waals surface area contributed by atoms with E-state index in [4.69, 9.17) is 9.47 Å². The molecule has 0 aliphatic carbocycles. The molecular weight excluding hydrogens is 439 g/mol. The number of carbonyl (C=O) groups excluding carboxylic acids is 1. The maximum atomic E-state index is 13.2. The van der Waals surface area contributed by atoms with Gasteiger partial charge in [0, 0.05) is 17.6 Å². The highest BCUT2D eigenvalue weighted by atomic mass is 79.9. The number of ether oxygens (including phenoxy) is 2. The summed E-state index contributed by atoms with van der Waals surface area (Å²) in [6, 6.07) is 4.22. The number of alkyl halides is 3. The second kappa shape index (κ2) is 9.37. The summed E-state index contributed by atoms with van der Waals surface area (Å²) in [5, 5.41) is 0. The minimum Gasteiger partial charge on any atom is -0.493 e. The fourth-order valence-electron chi connectivity index (χ4n) is 3.18. The molecule has 0 saturated carbocycles. The average molecular weight is 466 g/mol. The van der Waals surface area contributed by atoms with Gasteiger partial charge in [-0.2, -0.15) is 13.2 Å². The highest BCUT2D eigenvalue weighted by Crippen LogP contribution is 2.41. The van der Waals surface area contributed by atoms with Crippen LogP contribution in [0.2, 0.25) is 0 Å². The number of nitrogens with zero attached hydrogens (tertiary/aromatic N) is 1. The molecule has 0 unspecified atom stereocenters. The van der Waals surface area contributed by atoms with E-state index in [1.807, 2.05) is 20.8 Å². The second-order valence-corrected chi connectivity index (χ2v) is 8.87. The van der Waals surface area contributed by atoms with Crippen LogP contribution in [0.25, 0.3) is 0 Å². The molecule has 1 aromatic rings. The van der Waals surface area contributed by atoms with Gasteiger partial charge < -0.3 is 14.4 Å². The van der Waals surface area contributed by atoms with Crippen molar-refractivity contribution in [2.45, 2.75) is 58.2 Å². The van der Waals surface area contributed by atoms with Gasteiger partial charge in [-0.15, -0.1) is 0 Å². The van der Waals surface area contributed by atoms with Crippen LogP contribution >= 0.6 is 15.9 Å². The van der Waals surface area contributed by atoms with Gasteiger partial charge in [-0.05, 0) is 64.5 Å². The van der Waals surface area contributed by atoms with Crippen LogP contribution in [0.4, 0.5) is 18.0 Å². The maximum absolute atomic E-state index is 13.2. The fourth-order valence-corrected chi connectivity index (χ4v) is 3.76. The largest absolute Gasteiger partial charge is 0.493 e. The maximum Gasteiger partial charge on any atom is 0.421 e. The van der Waals surface area contributed by atoms with E-state index in [2.05, 4.69) is 15.9 Å². The summed E-state index contributed by atoms with van der Waals surface area (Å²) < 4.78 is 50.3. The first-order valence-corrected chi connectivity index (χ1v) is 10.2. The van der Waals surface area contributed by atoms with Gasteiger partial charge >= 0.3 is 12.3 Å². The molecule has 0 radical (unpaired) electrons. The van der Waals surface area contributed by atoms with Crippen LogP contribution < -0.4 is 4.74 Å². The normalized spacial score (nSPS) is 16.2. The SMILES string of the molecule is CC(C)(C)OC(=O)N1CCC(CCCOc2cccc(Br)c2C(F)(F)F)CC1. The first kappa shape index (κ1) is 22.8. The van der Waals surface area contributed by atoms with Gasteiger partial charge in [-0.25, -0.2) is 4.79 Å². The van der Waals surface area contributed by atoms with Gasteiger partial charge in [0.1, 0.15) is 16.9 Å². The highest BCUT2D eigenvalue weighted by molar-refractivity contribution is 9.10. The summed E-state index contributed by atoms with van der Waals surface area (Å²) in [5.41, 5.74) is -1.28. The number of benzene rings is 1. The van der Waals surface area contributed by atoms with Gasteiger partial charge in [0.2, 0.25) is 0 Å². The van der Waals surface area contributed by atoms with Crippen molar-refractivity contribution in [3.05, 3.63) is 28.2 Å². The first-order valence-electron chi connectivity index (χ1n) is 9.44. The number of likely N-dealkylation sites (tertiary alicyclic amines) is 1. The van der Waals surface area contributed by atoms with Crippen LogP contribution in [0.1, 0.15) is 52.0 Å². The minimum absolute atomic E-state index is 0.0213. The van der Waals surface area contributed by atoms with Crippen molar-refractivity contribution in [3.8, 4) is 5.75 Å². The van der Waals surface area contributed by atoms with Crippen molar-refractivity contribution in [1.29, 1.82) is 0 Å². The fraction of sp³-hybridized carbons (Fsp3) is 0.650. The number of piperidine rings is 1. The quantitative estimate of drug-likeness (QED) is 0.480. The summed E-state index contributed by atoms with van der Waals surface area (Å²) in [7, 11) is 0. The summed E-state index contributed by atoms with van der Waals surface area (Å²) in [6.07, 6.45) is -1.50. The molecule has 0 bridgehead atoms. The van der Waals surface area contributed by atoms with Crippen LogP contribution in [0, 0.1) is 5.92 Å². The highest BCUT2D eigenvalue weighted by Gasteiger charge is 2.36. The Morgan fingerprint density at radius 3 is 2.43 bits per heavy atom. The van der Waals surface area contributed by atoms with Crippen LogP contribution in [0.5, 0.6) is 5.75 Å². The molecule has 0 spiro atoms. The Labute approximate surface area is 172 Å². The van der Waals surface area contributed by atoms with Crippen LogP contribution in [0.3, 0.4) is 0 Å². The minimum atomic E-state index is -4.47. The number of rotatable bonds is 5. The topological polar surface area (TPSA) is 38.8 Å². The molecule has 0 N–H and O–H groups in total. The van der Waals surface area contributed by atoms with Crippen molar-refractivity contribution in [2.24, 2.45) is 5.92 Å². The standard InChI is InChI=1S/C20H27BrF3NO3/c1-19(2,3)28-18(26)25-11-9-14(10-12-25)6-5-13-27-16-8-4-7-15(21)17(16)20(22,23)24/h4,7-8,14H,5-6,9-13H2,1-3H3. The van der Waals surface area contributed by atoms with Gasteiger partial charge in [-0.1, -0.05) is 22.0 Å². The lowest BCUT2D eigenvalue weighted by Crippen LogP contribution is -2.41. The Morgan fingerprint density at radius 1 is 1.21 bits per heavy atom. The number of halogens is 4. The van der Waals surface area contributed by atoms with Crippen molar-refractivity contribution >= 4 is 22.0 Å². The van der Waals surface area contributed by atoms with Gasteiger partial charge in [0.15, 0.2) is 0 Å². The van der Waals surface area contributed by atoms with E-state index < -0.39 is 17.3 Å². The van der Waals surface area contributed by atoms with E-state index >= 15 is 0 Å². The molecule has 1 fully saturated rings. The number of carbonyl (C=O) groups is 1. The second-order valence-electron chi connectivity index (χ2n) is 8.01. The summed E-state index contributed by atoms with van der Waals surface area (Å²) >= 11 is 2.95. The third-order valence-electron chi connectivity index (χ3n) is 4.54. The van der Waals surface area contributed by atoms with Crippen molar-refractivity contribution in [3.63, 3.8) is 0 Å². The molecule has 8 heteroatoms. The zero-order valence-corrected chi connectivity index (χ0v) is 18.0. The van der Waals surface area contributed by atoms with Gasteiger partial charge in [-0.3, -0.25) is 0 Å². The molecule has 4 nitrogen and oxygen atoms in total. The summed E-state index contributed by atoms with van der Waals surface area (Å²) in [4.78, 5) is 13.8. The molecule has 1 aromatic carbocycles. The molecule has 0 atom stereocenters. The predicted octanol–water partition coefficient (Wildman–Crippen LogP) is 6.27. The lowest BCUT2D eigenvalue weighted by molar-refractivity contribution is -0.139. The number of hydrogen-bond donors (Lipinski definition) is 0. The molecule has 28 heavy (non-hydrogen) atoms. The zero-order chi connectivity index (χ0) is 20.9. The van der Waals surface area contributed by atoms with Gasteiger partial charge in [0.25, 0.3) is 0 Å². The average Bonchev–Trinajstić information content (AvgIpc) is 2.56. The molecule has 1 amide bonds. The third kappa shape index (κ3) is 6.87. The van der Waals surface area contributed by atoms with Crippen LogP contribution in [-0.2, 0) is 10.9 Å². The lowest BCUT2D eigenvalue weighted by Gasteiger charge is -2.33. The Kier molecular flexibility index (Phi) is 7.65. The van der Waals surface area contributed by atoms with E-state index in [-0.39, 0.29) is 22.9 Å². The van der Waals surface area contributed by atoms with E-state index in [1.54, 1.807) is 4.90 Å². The molecule has 2 rings (SSSR count). The Balaban J connectivity index is 1.75. The monoisotopic (exact) mass is 465 g/mol. The Morgan fingerprint density at radius 2 is 1.86 bits per heavy atom. The Hall–Kier alpha value is -1.44. The van der Waals surface area contributed by atoms with Crippen LogP contribution in [0.15, 0.2) is 22.7 Å². The smallest absolute Gasteiger partial charge is 0.421 e. The van der Waals surface area contributed by atoms with Gasteiger partial charge in [0.05, 0.1) is 6.61 Å². The zero-order valence-electron chi connectivity index (χ0n) is 16.4. The van der Waals surface area contributed by atoms with Crippen LogP contribution in [-0.4, -0.2) is 36.3 Å². The summed E-state index contributed by atoms with van der Waals surface area (Å²) in [6.45, 7) is 7.04. The Bertz CT molecular complexity index is 666. The van der Waals surface area contributed by atoms with Crippen molar-refractivity contribution < 1.29 is 27.4 Å². The molecule has 1 aliphatic rings. The van der Waals surface area contributed by atoms with Crippen molar-refractivity contribution in [2.75, 3.05) is 19.7 Å².